The molecule has 0 aromatic carbocycles. The summed E-state index contributed by atoms with van der Waals surface area (Å²) in [5, 5.41) is 8.84. The molecular weight excluding hydrogens is 164 g/mol. The zero-order chi connectivity index (χ0) is 10.3. The molecule has 0 spiro atoms. The summed E-state index contributed by atoms with van der Waals surface area (Å²) in [4.78, 5) is 13.5. The van der Waals surface area contributed by atoms with Gasteiger partial charge >= 0.3 is 0 Å². The molecule has 1 fully saturated rings. The van der Waals surface area contributed by atoms with Crippen molar-refractivity contribution in [1.82, 2.24) is 4.90 Å². The van der Waals surface area contributed by atoms with E-state index < -0.39 is 5.41 Å². The Kier molecular flexibility index (Phi) is 2.11. The van der Waals surface area contributed by atoms with Crippen LogP contribution < -0.4 is 0 Å². The third kappa shape index (κ3) is 1.67. The van der Waals surface area contributed by atoms with Crippen LogP contribution in [-0.4, -0.2) is 23.4 Å². The number of carbonyl (C=O) groups is 1. The molecule has 72 valence electrons. The van der Waals surface area contributed by atoms with Gasteiger partial charge in [-0.2, -0.15) is 5.26 Å². The first kappa shape index (κ1) is 10.0. The normalized spacial score (nSPS) is 19.0. The van der Waals surface area contributed by atoms with Crippen LogP contribution in [0.5, 0.6) is 0 Å². The molecule has 1 rings (SSSR count). The summed E-state index contributed by atoms with van der Waals surface area (Å²) in [6, 6.07) is 2.11. The molecule has 0 heterocycles. The van der Waals surface area contributed by atoms with Crippen LogP contribution in [0.3, 0.4) is 0 Å². The molecule has 0 aromatic heterocycles. The monoisotopic (exact) mass is 180 g/mol. The molecule has 1 aliphatic carbocycles. The number of nitrogens with zero attached hydrogens (tertiary/aromatic N) is 2. The predicted octanol–water partition coefficient (Wildman–Crippen LogP) is 1.55. The largest absolute Gasteiger partial charge is 0.340 e. The van der Waals surface area contributed by atoms with Gasteiger partial charge in [0.25, 0.3) is 0 Å². The number of hydrogen-bond acceptors (Lipinski definition) is 2. The molecule has 0 aromatic rings. The molecule has 1 aliphatic rings. The van der Waals surface area contributed by atoms with Gasteiger partial charge in [0, 0.05) is 12.6 Å². The van der Waals surface area contributed by atoms with E-state index in [4.69, 9.17) is 5.26 Å². The smallest absolute Gasteiger partial charge is 0.243 e. The van der Waals surface area contributed by atoms with Gasteiger partial charge in [0.15, 0.2) is 0 Å². The highest BCUT2D eigenvalue weighted by molar-refractivity contribution is 5.88. The molecule has 0 aliphatic heterocycles. The van der Waals surface area contributed by atoms with Crippen LogP contribution in [0.25, 0.3) is 0 Å². The van der Waals surface area contributed by atoms with Gasteiger partial charge in [0.05, 0.1) is 6.07 Å². The Hall–Kier alpha value is -1.04. The highest BCUT2D eigenvalue weighted by Crippen LogP contribution is 2.47. The fourth-order valence-corrected chi connectivity index (χ4v) is 1.12. The van der Waals surface area contributed by atoms with Crippen molar-refractivity contribution in [3.05, 3.63) is 0 Å². The van der Waals surface area contributed by atoms with E-state index in [9.17, 15) is 4.79 Å². The standard InChI is InChI=1S/C10H16N2O/c1-9(2,3)12(4)8(13)10(7-11)5-6-10/h5-6H2,1-4H3. The Balaban J connectivity index is 2.76. The van der Waals surface area contributed by atoms with Gasteiger partial charge in [0.1, 0.15) is 5.41 Å². The van der Waals surface area contributed by atoms with Crippen molar-refractivity contribution in [3.8, 4) is 6.07 Å². The van der Waals surface area contributed by atoms with Crippen molar-refractivity contribution >= 4 is 5.91 Å². The molecule has 3 nitrogen and oxygen atoms in total. The Labute approximate surface area is 79.3 Å². The number of amides is 1. The topological polar surface area (TPSA) is 44.1 Å². The Morgan fingerprint density at radius 3 is 2.15 bits per heavy atom. The maximum atomic E-state index is 11.8. The van der Waals surface area contributed by atoms with Crippen LogP contribution in [0.4, 0.5) is 0 Å². The summed E-state index contributed by atoms with van der Waals surface area (Å²) in [5.41, 5.74) is -0.869. The molecule has 0 radical (unpaired) electrons. The van der Waals surface area contributed by atoms with Crippen LogP contribution in [0.2, 0.25) is 0 Å². The van der Waals surface area contributed by atoms with Gasteiger partial charge in [-0.15, -0.1) is 0 Å². The third-order valence-corrected chi connectivity index (χ3v) is 2.68. The number of carbonyl (C=O) groups excluding carboxylic acids is 1. The van der Waals surface area contributed by atoms with E-state index in [0.717, 1.165) is 12.8 Å². The summed E-state index contributed by atoms with van der Waals surface area (Å²) in [5.74, 6) is -0.0255. The molecule has 0 saturated heterocycles. The maximum Gasteiger partial charge on any atom is 0.243 e. The summed E-state index contributed by atoms with van der Waals surface area (Å²) in [6.45, 7) is 5.91. The lowest BCUT2D eigenvalue weighted by Crippen LogP contribution is -2.45. The second kappa shape index (κ2) is 2.73. The molecular formula is C10H16N2O. The summed E-state index contributed by atoms with van der Waals surface area (Å²) < 4.78 is 0. The van der Waals surface area contributed by atoms with Crippen LogP contribution >= 0.6 is 0 Å². The molecule has 3 heteroatoms. The van der Waals surface area contributed by atoms with Crippen LogP contribution in [-0.2, 0) is 4.79 Å². The van der Waals surface area contributed by atoms with Gasteiger partial charge in [-0.25, -0.2) is 0 Å². The quantitative estimate of drug-likeness (QED) is 0.614. The fraction of sp³-hybridized carbons (Fsp3) is 0.800. The first-order chi connectivity index (χ1) is 5.83. The molecule has 1 amide bonds. The first-order valence-corrected chi connectivity index (χ1v) is 4.53. The van der Waals surface area contributed by atoms with Crippen molar-refractivity contribution in [2.45, 2.75) is 39.2 Å². The lowest BCUT2D eigenvalue weighted by Gasteiger charge is -2.33. The highest BCUT2D eigenvalue weighted by Gasteiger charge is 2.53. The molecule has 0 atom stereocenters. The fourth-order valence-electron chi connectivity index (χ4n) is 1.12. The summed E-state index contributed by atoms with van der Waals surface area (Å²) in [7, 11) is 1.76. The number of rotatable bonds is 1. The maximum absolute atomic E-state index is 11.8. The van der Waals surface area contributed by atoms with Crippen LogP contribution in [0.15, 0.2) is 0 Å². The second-order valence-electron chi connectivity index (χ2n) is 4.73. The van der Waals surface area contributed by atoms with E-state index in [2.05, 4.69) is 6.07 Å². The highest BCUT2D eigenvalue weighted by atomic mass is 16.2. The van der Waals surface area contributed by atoms with Gasteiger partial charge < -0.3 is 4.90 Å². The van der Waals surface area contributed by atoms with E-state index >= 15 is 0 Å². The van der Waals surface area contributed by atoms with Crippen molar-refractivity contribution in [3.63, 3.8) is 0 Å². The Morgan fingerprint density at radius 2 is 1.92 bits per heavy atom. The second-order valence-corrected chi connectivity index (χ2v) is 4.73. The minimum atomic E-state index is -0.679. The Morgan fingerprint density at radius 1 is 1.46 bits per heavy atom. The van der Waals surface area contributed by atoms with Gasteiger partial charge in [0.2, 0.25) is 5.91 Å². The van der Waals surface area contributed by atoms with Crippen LogP contribution in [0.1, 0.15) is 33.6 Å². The van der Waals surface area contributed by atoms with Gasteiger partial charge in [-0.1, -0.05) is 0 Å². The number of nitriles is 1. The molecule has 0 unspecified atom stereocenters. The van der Waals surface area contributed by atoms with Crippen molar-refractivity contribution in [2.75, 3.05) is 7.05 Å². The SMILES string of the molecule is CN(C(=O)C1(C#N)CC1)C(C)(C)C. The van der Waals surface area contributed by atoms with E-state index in [1.807, 2.05) is 20.8 Å². The molecule has 1 saturated carbocycles. The van der Waals surface area contributed by atoms with Crippen LogP contribution in [0, 0.1) is 16.7 Å². The predicted molar refractivity (Wildman–Crippen MR) is 49.8 cm³/mol. The van der Waals surface area contributed by atoms with Gasteiger partial charge in [-0.3, -0.25) is 4.79 Å². The lowest BCUT2D eigenvalue weighted by atomic mass is 10.0. The average molecular weight is 180 g/mol. The molecule has 0 N–H and O–H groups in total. The lowest BCUT2D eigenvalue weighted by molar-refractivity contribution is -0.137. The van der Waals surface area contributed by atoms with E-state index in [0.29, 0.717) is 0 Å². The molecule has 13 heavy (non-hydrogen) atoms. The van der Waals surface area contributed by atoms with E-state index in [1.165, 1.54) is 0 Å². The van der Waals surface area contributed by atoms with Crippen molar-refractivity contribution in [1.29, 1.82) is 5.26 Å². The van der Waals surface area contributed by atoms with E-state index in [-0.39, 0.29) is 11.4 Å². The minimum absolute atomic E-state index is 0.0255. The number of hydrogen-bond donors (Lipinski definition) is 0. The Bertz CT molecular complexity index is 266. The minimum Gasteiger partial charge on any atom is -0.340 e. The van der Waals surface area contributed by atoms with E-state index in [1.54, 1.807) is 11.9 Å². The zero-order valence-electron chi connectivity index (χ0n) is 8.72. The summed E-state index contributed by atoms with van der Waals surface area (Å²) >= 11 is 0. The zero-order valence-corrected chi connectivity index (χ0v) is 8.72. The first-order valence-electron chi connectivity index (χ1n) is 4.53. The third-order valence-electron chi connectivity index (χ3n) is 2.68. The van der Waals surface area contributed by atoms with Crippen molar-refractivity contribution in [2.24, 2.45) is 5.41 Å². The molecule has 0 bridgehead atoms. The average Bonchev–Trinajstić information content (AvgIpc) is 2.80. The van der Waals surface area contributed by atoms with Gasteiger partial charge in [-0.05, 0) is 33.6 Å². The van der Waals surface area contributed by atoms with Crippen molar-refractivity contribution < 1.29 is 4.79 Å². The summed E-state index contributed by atoms with van der Waals surface area (Å²) in [6.07, 6.45) is 1.45.